The van der Waals surface area contributed by atoms with Gasteiger partial charge in [-0.2, -0.15) is 4.31 Å². The number of aryl methyl sites for hydroxylation is 1. The first kappa shape index (κ1) is 17.8. The summed E-state index contributed by atoms with van der Waals surface area (Å²) in [5.74, 6) is 0. The second-order valence-electron chi connectivity index (χ2n) is 6.24. The van der Waals surface area contributed by atoms with Gasteiger partial charge in [-0.25, -0.2) is 18.2 Å². The first-order valence-corrected chi connectivity index (χ1v) is 9.49. The molecule has 1 saturated heterocycles. The fourth-order valence-electron chi connectivity index (χ4n) is 3.05. The van der Waals surface area contributed by atoms with Crippen molar-refractivity contribution in [2.75, 3.05) is 26.7 Å². The molecule has 25 heavy (non-hydrogen) atoms. The lowest BCUT2D eigenvalue weighted by Crippen LogP contribution is -2.36. The van der Waals surface area contributed by atoms with Gasteiger partial charge >= 0.3 is 5.69 Å². The molecule has 136 valence electrons. The van der Waals surface area contributed by atoms with Gasteiger partial charge in [0, 0.05) is 32.4 Å². The van der Waals surface area contributed by atoms with Crippen molar-refractivity contribution in [3.63, 3.8) is 0 Å². The van der Waals surface area contributed by atoms with Crippen LogP contribution in [0.5, 0.6) is 0 Å². The van der Waals surface area contributed by atoms with Crippen LogP contribution in [0.25, 0.3) is 11.0 Å². The number of H-pyrrole nitrogens is 1. The first-order valence-electron chi connectivity index (χ1n) is 8.05. The van der Waals surface area contributed by atoms with Gasteiger partial charge in [0.25, 0.3) is 5.56 Å². The lowest BCUT2D eigenvalue weighted by molar-refractivity contribution is 0.262. The molecule has 0 radical (unpaired) electrons. The normalized spacial score (nSPS) is 19.1. The fraction of sp³-hybridized carbons (Fsp3) is 0.533. The van der Waals surface area contributed by atoms with E-state index in [1.807, 2.05) is 14.0 Å². The summed E-state index contributed by atoms with van der Waals surface area (Å²) < 4.78 is 28.4. The van der Waals surface area contributed by atoms with Crippen molar-refractivity contribution in [3.8, 4) is 0 Å². The first-order chi connectivity index (χ1) is 11.8. The maximum absolute atomic E-state index is 12.9. The van der Waals surface area contributed by atoms with Crippen LogP contribution >= 0.6 is 0 Å². The Bertz CT molecular complexity index is 1030. The van der Waals surface area contributed by atoms with E-state index in [4.69, 9.17) is 0 Å². The Morgan fingerprint density at radius 2 is 2.12 bits per heavy atom. The van der Waals surface area contributed by atoms with Crippen LogP contribution in [0.3, 0.4) is 0 Å². The SMILES string of the molecule is CCN(C)C1CCN(S(=O)(=O)c2cnc3c(c2)c(=O)[nH]c(=O)n3C)C1. The van der Waals surface area contributed by atoms with Crippen LogP contribution in [0.1, 0.15) is 13.3 Å². The molecule has 3 heterocycles. The van der Waals surface area contributed by atoms with Gasteiger partial charge in [-0.05, 0) is 26.1 Å². The number of fused-ring (bicyclic) bond motifs is 1. The molecule has 0 bridgehead atoms. The molecular weight excluding hydrogens is 346 g/mol. The molecule has 2 aromatic heterocycles. The molecule has 1 aliphatic rings. The molecule has 1 atom stereocenters. The van der Waals surface area contributed by atoms with Gasteiger partial charge in [0.15, 0.2) is 0 Å². The highest BCUT2D eigenvalue weighted by Gasteiger charge is 2.34. The molecule has 0 saturated carbocycles. The summed E-state index contributed by atoms with van der Waals surface area (Å²) in [6.45, 7) is 3.72. The van der Waals surface area contributed by atoms with Gasteiger partial charge in [-0.15, -0.1) is 0 Å². The van der Waals surface area contributed by atoms with E-state index in [1.54, 1.807) is 0 Å². The average molecular weight is 367 g/mol. The van der Waals surface area contributed by atoms with E-state index in [1.165, 1.54) is 28.2 Å². The van der Waals surface area contributed by atoms with Crippen molar-refractivity contribution >= 4 is 21.1 Å². The minimum absolute atomic E-state index is 0.0380. The van der Waals surface area contributed by atoms with Crippen molar-refractivity contribution in [1.29, 1.82) is 0 Å². The Kier molecular flexibility index (Phi) is 4.52. The van der Waals surface area contributed by atoms with Crippen molar-refractivity contribution in [2.45, 2.75) is 24.3 Å². The Balaban J connectivity index is 2.01. The molecule has 1 aliphatic heterocycles. The second-order valence-corrected chi connectivity index (χ2v) is 8.18. The molecule has 0 aromatic carbocycles. The molecule has 3 rings (SSSR count). The van der Waals surface area contributed by atoms with Crippen LogP contribution in [-0.2, 0) is 17.1 Å². The number of likely N-dealkylation sites (N-methyl/N-ethyl adjacent to an activating group) is 1. The largest absolute Gasteiger partial charge is 0.329 e. The smallest absolute Gasteiger partial charge is 0.302 e. The van der Waals surface area contributed by atoms with Crippen molar-refractivity contribution in [1.82, 2.24) is 23.7 Å². The van der Waals surface area contributed by atoms with E-state index >= 15 is 0 Å². The number of pyridine rings is 1. The average Bonchev–Trinajstić information content (AvgIpc) is 3.09. The lowest BCUT2D eigenvalue weighted by Gasteiger charge is -2.23. The molecule has 1 fully saturated rings. The zero-order valence-corrected chi connectivity index (χ0v) is 15.2. The number of nitrogens with zero attached hydrogens (tertiary/aromatic N) is 4. The number of hydrogen-bond acceptors (Lipinski definition) is 6. The molecule has 0 spiro atoms. The van der Waals surface area contributed by atoms with Gasteiger partial charge in [0.2, 0.25) is 10.0 Å². The second kappa shape index (κ2) is 6.36. The van der Waals surface area contributed by atoms with Crippen LogP contribution in [0.4, 0.5) is 0 Å². The summed E-state index contributed by atoms with van der Waals surface area (Å²) in [4.78, 5) is 31.9. The van der Waals surface area contributed by atoms with Crippen LogP contribution < -0.4 is 11.2 Å². The standard InChI is InChI=1S/C15H21N5O4S/c1-4-18(2)10-5-6-20(9-10)25(23,24)11-7-12-13(16-8-11)19(3)15(22)17-14(12)21/h7-8,10H,4-6,9H2,1-3H3,(H,17,21,22). The third-order valence-electron chi connectivity index (χ3n) is 4.82. The van der Waals surface area contributed by atoms with Crippen molar-refractivity contribution < 1.29 is 8.42 Å². The molecule has 0 amide bonds. The van der Waals surface area contributed by atoms with Crippen molar-refractivity contribution in [2.24, 2.45) is 7.05 Å². The minimum atomic E-state index is -3.74. The Morgan fingerprint density at radius 3 is 2.80 bits per heavy atom. The number of aromatic amines is 1. The fourth-order valence-corrected chi connectivity index (χ4v) is 4.52. The Morgan fingerprint density at radius 1 is 1.40 bits per heavy atom. The van der Waals surface area contributed by atoms with Gasteiger partial charge in [-0.1, -0.05) is 6.92 Å². The van der Waals surface area contributed by atoms with Crippen LogP contribution in [0.15, 0.2) is 26.7 Å². The lowest BCUT2D eigenvalue weighted by atomic mass is 10.2. The summed E-state index contributed by atoms with van der Waals surface area (Å²) in [5.41, 5.74) is -1.09. The Hall–Kier alpha value is -2.04. The highest BCUT2D eigenvalue weighted by atomic mass is 32.2. The number of aromatic nitrogens is 3. The topological polar surface area (TPSA) is 108 Å². The minimum Gasteiger partial charge on any atom is -0.302 e. The highest BCUT2D eigenvalue weighted by Crippen LogP contribution is 2.23. The van der Waals surface area contributed by atoms with Gasteiger partial charge in [0.05, 0.1) is 5.39 Å². The number of sulfonamides is 1. The molecular formula is C15H21N5O4S. The van der Waals surface area contributed by atoms with E-state index in [0.717, 1.165) is 13.0 Å². The van der Waals surface area contributed by atoms with E-state index in [9.17, 15) is 18.0 Å². The Labute approximate surface area is 144 Å². The van der Waals surface area contributed by atoms with Crippen LogP contribution in [0.2, 0.25) is 0 Å². The third kappa shape index (κ3) is 3.00. The summed E-state index contributed by atoms with van der Waals surface area (Å²) in [7, 11) is -0.304. The number of rotatable bonds is 4. The predicted octanol–water partition coefficient (Wildman–Crippen LogP) is -0.663. The summed E-state index contributed by atoms with van der Waals surface area (Å²) in [6, 6.07) is 1.46. The third-order valence-corrected chi connectivity index (χ3v) is 6.65. The van der Waals surface area contributed by atoms with E-state index in [2.05, 4.69) is 14.9 Å². The van der Waals surface area contributed by atoms with Crippen LogP contribution in [0, 0.1) is 0 Å². The van der Waals surface area contributed by atoms with E-state index < -0.39 is 21.3 Å². The zero-order chi connectivity index (χ0) is 18.4. The maximum atomic E-state index is 12.9. The highest BCUT2D eigenvalue weighted by molar-refractivity contribution is 7.89. The van der Waals surface area contributed by atoms with Gasteiger partial charge < -0.3 is 4.90 Å². The van der Waals surface area contributed by atoms with Gasteiger partial charge in [0.1, 0.15) is 10.5 Å². The molecule has 1 N–H and O–H groups in total. The van der Waals surface area contributed by atoms with E-state index in [0.29, 0.717) is 13.1 Å². The van der Waals surface area contributed by atoms with Crippen molar-refractivity contribution in [3.05, 3.63) is 33.1 Å². The molecule has 1 unspecified atom stereocenters. The predicted molar refractivity (Wildman–Crippen MR) is 93.1 cm³/mol. The number of hydrogen-bond donors (Lipinski definition) is 1. The summed E-state index contributed by atoms with van der Waals surface area (Å²) >= 11 is 0. The summed E-state index contributed by atoms with van der Waals surface area (Å²) in [5, 5.41) is 0.0737. The van der Waals surface area contributed by atoms with E-state index in [-0.39, 0.29) is 22.0 Å². The summed E-state index contributed by atoms with van der Waals surface area (Å²) in [6.07, 6.45) is 1.97. The molecule has 0 aliphatic carbocycles. The molecule has 9 nitrogen and oxygen atoms in total. The maximum Gasteiger partial charge on any atom is 0.329 e. The monoisotopic (exact) mass is 367 g/mol. The van der Waals surface area contributed by atoms with Crippen LogP contribution in [-0.4, -0.2) is 64.9 Å². The molecule has 10 heteroatoms. The number of nitrogens with one attached hydrogen (secondary N) is 1. The molecule has 2 aromatic rings. The quantitative estimate of drug-likeness (QED) is 0.768. The zero-order valence-electron chi connectivity index (χ0n) is 14.4. The van der Waals surface area contributed by atoms with Gasteiger partial charge in [-0.3, -0.25) is 14.3 Å².